The van der Waals surface area contributed by atoms with Crippen molar-refractivity contribution in [3.05, 3.63) is 18.1 Å². The highest BCUT2D eigenvalue weighted by atomic mass is 19.4. The van der Waals surface area contributed by atoms with Crippen LogP contribution in [-0.2, 0) is 0 Å². The zero-order chi connectivity index (χ0) is 12.2. The van der Waals surface area contributed by atoms with Gasteiger partial charge in [-0.05, 0) is 0 Å². The summed E-state index contributed by atoms with van der Waals surface area (Å²) in [5.74, 6) is -0.764. The molecule has 88 valence electrons. The van der Waals surface area contributed by atoms with Crippen LogP contribution in [0.15, 0.2) is 12.4 Å². The lowest BCUT2D eigenvalue weighted by Gasteiger charge is -2.07. The van der Waals surface area contributed by atoms with Gasteiger partial charge in [0.15, 0.2) is 6.61 Å². The van der Waals surface area contributed by atoms with E-state index in [-0.39, 0.29) is 11.6 Å². The van der Waals surface area contributed by atoms with Gasteiger partial charge >= 0.3 is 6.18 Å². The average Bonchev–Trinajstić information content (AvgIpc) is 2.25. The first kappa shape index (κ1) is 12.2. The summed E-state index contributed by atoms with van der Waals surface area (Å²) >= 11 is 0. The van der Waals surface area contributed by atoms with Crippen molar-refractivity contribution in [1.29, 1.82) is 0 Å². The van der Waals surface area contributed by atoms with Crippen LogP contribution in [-0.4, -0.2) is 35.7 Å². The Labute approximate surface area is 88.7 Å². The maximum absolute atomic E-state index is 11.8. The van der Waals surface area contributed by atoms with Gasteiger partial charge < -0.3 is 10.1 Å². The molecule has 1 aromatic heterocycles. The number of alkyl halides is 3. The Bertz CT molecular complexity index is 364. The Morgan fingerprint density at radius 1 is 1.44 bits per heavy atom. The Kier molecular flexibility index (Phi) is 3.64. The van der Waals surface area contributed by atoms with E-state index < -0.39 is 18.7 Å². The summed E-state index contributed by atoms with van der Waals surface area (Å²) < 4.78 is 39.6. The Morgan fingerprint density at radius 3 is 2.56 bits per heavy atom. The maximum atomic E-state index is 11.8. The number of nitrogens with one attached hydrogen (secondary N) is 1. The van der Waals surface area contributed by atoms with E-state index in [1.165, 1.54) is 7.05 Å². The van der Waals surface area contributed by atoms with Gasteiger partial charge in [-0.1, -0.05) is 0 Å². The number of halogens is 3. The predicted molar refractivity (Wildman–Crippen MR) is 47.0 cm³/mol. The quantitative estimate of drug-likeness (QED) is 0.840. The number of aromatic nitrogens is 2. The molecule has 0 bridgehead atoms. The fourth-order valence-corrected chi connectivity index (χ4v) is 0.792. The summed E-state index contributed by atoms with van der Waals surface area (Å²) in [6, 6.07) is 0. The zero-order valence-corrected chi connectivity index (χ0v) is 8.21. The molecular weight excluding hydrogens is 227 g/mol. The van der Waals surface area contributed by atoms with Gasteiger partial charge in [-0.25, -0.2) is 9.97 Å². The van der Waals surface area contributed by atoms with Crippen LogP contribution in [0.5, 0.6) is 5.88 Å². The summed E-state index contributed by atoms with van der Waals surface area (Å²) in [6.45, 7) is -1.44. The lowest BCUT2D eigenvalue weighted by Crippen LogP contribution is -2.21. The summed E-state index contributed by atoms with van der Waals surface area (Å²) in [6.07, 6.45) is -2.44. The second kappa shape index (κ2) is 4.77. The number of ether oxygens (including phenoxy) is 1. The van der Waals surface area contributed by atoms with E-state index in [1.807, 2.05) is 0 Å². The van der Waals surface area contributed by atoms with Crippen LogP contribution in [0, 0.1) is 0 Å². The van der Waals surface area contributed by atoms with E-state index >= 15 is 0 Å². The first-order valence-corrected chi connectivity index (χ1v) is 4.16. The van der Waals surface area contributed by atoms with Crippen molar-refractivity contribution in [2.75, 3.05) is 13.7 Å². The lowest BCUT2D eigenvalue weighted by molar-refractivity contribution is -0.154. The van der Waals surface area contributed by atoms with Crippen molar-refractivity contribution in [1.82, 2.24) is 15.3 Å². The molecular formula is C8H8F3N3O2. The molecule has 1 rings (SSSR count). The van der Waals surface area contributed by atoms with Crippen LogP contribution in [0.3, 0.4) is 0 Å². The highest BCUT2D eigenvalue weighted by molar-refractivity contribution is 5.91. The molecule has 5 nitrogen and oxygen atoms in total. The SMILES string of the molecule is CNC(=O)c1cnc(OCC(F)(F)F)cn1. The molecule has 0 atom stereocenters. The summed E-state index contributed by atoms with van der Waals surface area (Å²) in [5, 5.41) is 2.29. The molecule has 1 heterocycles. The molecule has 1 amide bonds. The van der Waals surface area contributed by atoms with Crippen molar-refractivity contribution in [3.8, 4) is 5.88 Å². The molecule has 1 aromatic rings. The van der Waals surface area contributed by atoms with Gasteiger partial charge in [0.2, 0.25) is 5.88 Å². The molecule has 0 aromatic carbocycles. The minimum atomic E-state index is -4.43. The van der Waals surface area contributed by atoms with Crippen LogP contribution >= 0.6 is 0 Å². The molecule has 0 unspecified atom stereocenters. The smallest absolute Gasteiger partial charge is 0.422 e. The third-order valence-electron chi connectivity index (χ3n) is 1.47. The normalized spacial score (nSPS) is 11.0. The van der Waals surface area contributed by atoms with Gasteiger partial charge in [0.25, 0.3) is 5.91 Å². The van der Waals surface area contributed by atoms with Crippen LogP contribution in [0.4, 0.5) is 13.2 Å². The molecule has 8 heteroatoms. The largest absolute Gasteiger partial charge is 0.467 e. The van der Waals surface area contributed by atoms with Gasteiger partial charge in [-0.3, -0.25) is 4.79 Å². The Morgan fingerprint density at radius 2 is 2.12 bits per heavy atom. The number of amides is 1. The second-order valence-corrected chi connectivity index (χ2v) is 2.72. The third-order valence-corrected chi connectivity index (χ3v) is 1.47. The topological polar surface area (TPSA) is 64.1 Å². The molecule has 0 saturated carbocycles. The van der Waals surface area contributed by atoms with Gasteiger partial charge in [-0.2, -0.15) is 13.2 Å². The fraction of sp³-hybridized carbons (Fsp3) is 0.375. The van der Waals surface area contributed by atoms with Crippen molar-refractivity contribution in [2.45, 2.75) is 6.18 Å². The van der Waals surface area contributed by atoms with Crippen molar-refractivity contribution in [3.63, 3.8) is 0 Å². The summed E-state index contributed by atoms with van der Waals surface area (Å²) in [5.41, 5.74) is 0.00172. The molecule has 0 fully saturated rings. The first-order valence-electron chi connectivity index (χ1n) is 4.16. The Hall–Kier alpha value is -1.86. The monoisotopic (exact) mass is 235 g/mol. The first-order chi connectivity index (χ1) is 7.42. The van der Waals surface area contributed by atoms with E-state index in [9.17, 15) is 18.0 Å². The van der Waals surface area contributed by atoms with Crippen molar-refractivity contribution < 1.29 is 22.7 Å². The predicted octanol–water partition coefficient (Wildman–Crippen LogP) is 0.777. The van der Waals surface area contributed by atoms with E-state index in [0.29, 0.717) is 0 Å². The molecule has 0 spiro atoms. The van der Waals surface area contributed by atoms with Crippen LogP contribution in [0.25, 0.3) is 0 Å². The summed E-state index contributed by atoms with van der Waals surface area (Å²) in [4.78, 5) is 18.1. The average molecular weight is 235 g/mol. The number of hydrogen-bond acceptors (Lipinski definition) is 4. The molecule has 16 heavy (non-hydrogen) atoms. The highest BCUT2D eigenvalue weighted by Gasteiger charge is 2.28. The molecule has 1 N–H and O–H groups in total. The number of carbonyl (C=O) groups is 1. The highest BCUT2D eigenvalue weighted by Crippen LogP contribution is 2.16. The molecule has 0 saturated heterocycles. The van der Waals surface area contributed by atoms with Gasteiger partial charge in [0.1, 0.15) is 5.69 Å². The zero-order valence-electron chi connectivity index (χ0n) is 8.21. The second-order valence-electron chi connectivity index (χ2n) is 2.72. The van der Waals surface area contributed by atoms with E-state index in [4.69, 9.17) is 0 Å². The fourth-order valence-electron chi connectivity index (χ4n) is 0.792. The van der Waals surface area contributed by atoms with Crippen molar-refractivity contribution >= 4 is 5.91 Å². The van der Waals surface area contributed by atoms with E-state index in [2.05, 4.69) is 20.0 Å². The molecule has 0 aliphatic rings. The van der Waals surface area contributed by atoms with Crippen molar-refractivity contribution in [2.24, 2.45) is 0 Å². The standard InChI is InChI=1S/C8H8F3N3O2/c1-12-7(15)5-2-14-6(3-13-5)16-4-8(9,10)11/h2-3H,4H2,1H3,(H,12,15). The van der Waals surface area contributed by atoms with Crippen LogP contribution in [0.2, 0.25) is 0 Å². The van der Waals surface area contributed by atoms with E-state index in [1.54, 1.807) is 0 Å². The Balaban J connectivity index is 2.62. The molecule has 0 aliphatic carbocycles. The van der Waals surface area contributed by atoms with Crippen LogP contribution in [0.1, 0.15) is 10.5 Å². The molecule has 0 radical (unpaired) electrons. The van der Waals surface area contributed by atoms with E-state index in [0.717, 1.165) is 12.4 Å². The molecule has 0 aliphatic heterocycles. The number of hydrogen-bond donors (Lipinski definition) is 1. The number of rotatable bonds is 3. The van der Waals surface area contributed by atoms with Gasteiger partial charge in [-0.15, -0.1) is 0 Å². The lowest BCUT2D eigenvalue weighted by atomic mass is 10.4. The number of nitrogens with zero attached hydrogens (tertiary/aromatic N) is 2. The maximum Gasteiger partial charge on any atom is 0.422 e. The number of carbonyl (C=O) groups excluding carboxylic acids is 1. The minimum Gasteiger partial charge on any atom is -0.467 e. The minimum absolute atomic E-state index is 0.00172. The van der Waals surface area contributed by atoms with Gasteiger partial charge in [0.05, 0.1) is 12.4 Å². The van der Waals surface area contributed by atoms with Gasteiger partial charge in [0, 0.05) is 7.05 Å². The third kappa shape index (κ3) is 3.71. The summed E-state index contributed by atoms with van der Waals surface area (Å²) in [7, 11) is 1.40. The van der Waals surface area contributed by atoms with Crippen LogP contribution < -0.4 is 10.1 Å².